The number of hydrogen-bond acceptors (Lipinski definition) is 0. The summed E-state index contributed by atoms with van der Waals surface area (Å²) in [6.45, 7) is 11.5. The second-order valence-corrected chi connectivity index (χ2v) is 12.0. The molecule has 0 heterocycles. The normalized spacial score (nSPS) is 14.4. The van der Waals surface area contributed by atoms with Gasteiger partial charge in [-0.1, -0.05) is 117 Å². The van der Waals surface area contributed by atoms with Crippen molar-refractivity contribution in [1.29, 1.82) is 0 Å². The van der Waals surface area contributed by atoms with E-state index in [-0.39, 0.29) is 17.5 Å². The molecule has 0 aromatic heterocycles. The SMILES string of the molecule is [CH2-]c1c(C2C(c3ccccc3)=Cc3ccccc32)cc2ccccc2c1C(C)(C)C.[Cl][Ti][Cl].[NH2-]. The van der Waals surface area contributed by atoms with Crippen molar-refractivity contribution < 1.29 is 17.0 Å². The van der Waals surface area contributed by atoms with Crippen molar-refractivity contribution in [3.05, 3.63) is 131 Å². The van der Waals surface area contributed by atoms with E-state index in [1.165, 1.54) is 49.7 Å². The van der Waals surface area contributed by atoms with E-state index >= 15 is 0 Å². The first-order valence-corrected chi connectivity index (χ1v) is 15.4. The summed E-state index contributed by atoms with van der Waals surface area (Å²) in [5, 5.41) is 2.61. The maximum absolute atomic E-state index is 4.89. The topological polar surface area (TPSA) is 33.5 Å². The Bertz CT molecular complexity index is 1310. The molecule has 0 spiro atoms. The van der Waals surface area contributed by atoms with Gasteiger partial charge in [0.2, 0.25) is 0 Å². The third-order valence-corrected chi connectivity index (χ3v) is 6.29. The summed E-state index contributed by atoms with van der Waals surface area (Å²) in [6, 6.07) is 30.7. The average molecular weight is 522 g/mol. The fourth-order valence-electron chi connectivity index (χ4n) is 5.07. The van der Waals surface area contributed by atoms with Crippen LogP contribution >= 0.6 is 18.6 Å². The Labute approximate surface area is 220 Å². The predicted octanol–water partition coefficient (Wildman–Crippen LogP) is 10.1. The van der Waals surface area contributed by atoms with Gasteiger partial charge in [0.15, 0.2) is 0 Å². The first kappa shape index (κ1) is 26.6. The van der Waals surface area contributed by atoms with Gasteiger partial charge in [-0.2, -0.15) is 12.5 Å². The van der Waals surface area contributed by atoms with Gasteiger partial charge in [-0.3, -0.25) is 0 Å². The molecular formula is C30H29Cl2NTi-2. The number of benzene rings is 4. The Hall–Kier alpha value is -2.00. The van der Waals surface area contributed by atoms with E-state index in [2.05, 4.69) is 119 Å². The van der Waals surface area contributed by atoms with Crippen LogP contribution in [0.3, 0.4) is 0 Å². The van der Waals surface area contributed by atoms with E-state index in [0.29, 0.717) is 0 Å². The second kappa shape index (κ2) is 11.2. The molecule has 0 saturated heterocycles. The van der Waals surface area contributed by atoms with E-state index in [0.717, 1.165) is 0 Å². The summed E-state index contributed by atoms with van der Waals surface area (Å²) < 4.78 is 0. The fourth-order valence-corrected chi connectivity index (χ4v) is 5.07. The number of nitrogens with two attached hydrogens (primary N) is 1. The Morgan fingerprint density at radius 1 is 0.794 bits per heavy atom. The number of hydrogen-bond donors (Lipinski definition) is 0. The molecule has 1 aliphatic carbocycles. The minimum Gasteiger partial charge on any atom is -0.693 e. The van der Waals surface area contributed by atoms with Crippen LogP contribution in [0.15, 0.2) is 84.9 Å². The van der Waals surface area contributed by atoms with Crippen molar-refractivity contribution in [3.8, 4) is 0 Å². The molecule has 1 unspecified atom stereocenters. The molecular weight excluding hydrogens is 493 g/mol. The maximum Gasteiger partial charge on any atom is -0.693 e. The molecule has 5 rings (SSSR count). The van der Waals surface area contributed by atoms with Crippen LogP contribution in [0, 0.1) is 6.92 Å². The van der Waals surface area contributed by atoms with Crippen molar-refractivity contribution in [3.63, 3.8) is 0 Å². The van der Waals surface area contributed by atoms with Crippen LogP contribution in [0.2, 0.25) is 0 Å². The molecule has 1 aliphatic rings. The Balaban J connectivity index is 0.000000771. The van der Waals surface area contributed by atoms with Crippen LogP contribution in [0.1, 0.15) is 60.1 Å². The Morgan fingerprint density at radius 3 is 2.06 bits per heavy atom. The molecule has 0 fully saturated rings. The fraction of sp³-hybridized carbons (Fsp3) is 0.167. The number of halogens is 2. The molecule has 4 aromatic rings. The van der Waals surface area contributed by atoms with Gasteiger partial charge < -0.3 is 6.15 Å². The van der Waals surface area contributed by atoms with Crippen LogP contribution in [0.4, 0.5) is 0 Å². The van der Waals surface area contributed by atoms with Crippen molar-refractivity contribution >= 4 is 41.0 Å². The first-order valence-electron chi connectivity index (χ1n) is 11.1. The summed E-state index contributed by atoms with van der Waals surface area (Å²) in [5.74, 6) is 0.196. The quantitative estimate of drug-likeness (QED) is 0.185. The molecule has 1 nitrogen and oxygen atoms in total. The van der Waals surface area contributed by atoms with Crippen molar-refractivity contribution in [1.82, 2.24) is 0 Å². The van der Waals surface area contributed by atoms with Gasteiger partial charge >= 0.3 is 35.6 Å². The molecule has 2 N–H and O–H groups in total. The van der Waals surface area contributed by atoms with E-state index < -0.39 is 17.0 Å². The van der Waals surface area contributed by atoms with Crippen LogP contribution in [-0.4, -0.2) is 0 Å². The van der Waals surface area contributed by atoms with Crippen LogP contribution in [0.25, 0.3) is 28.6 Å². The van der Waals surface area contributed by atoms with Gasteiger partial charge in [0, 0.05) is 0 Å². The van der Waals surface area contributed by atoms with E-state index in [1.807, 2.05) is 0 Å². The van der Waals surface area contributed by atoms with Gasteiger partial charge in [0.1, 0.15) is 0 Å². The molecule has 0 amide bonds. The summed E-state index contributed by atoms with van der Waals surface area (Å²) >= 11 is -0.556. The van der Waals surface area contributed by atoms with Gasteiger partial charge in [0.25, 0.3) is 0 Å². The molecule has 34 heavy (non-hydrogen) atoms. The monoisotopic (exact) mass is 521 g/mol. The van der Waals surface area contributed by atoms with Crippen LogP contribution in [0.5, 0.6) is 0 Å². The molecule has 0 saturated carbocycles. The summed E-state index contributed by atoms with van der Waals surface area (Å²) in [4.78, 5) is 0. The number of allylic oxidation sites excluding steroid dienone is 1. The second-order valence-electron chi connectivity index (χ2n) is 9.39. The standard InChI is InChI=1S/C30H27.2ClH.H2N.Ti/c1-20-26(18-23-15-9-11-17-25(23)29(20)30(2,3)4)28-24-16-10-8-14-22(24)19-27(28)21-12-6-5-7-13-21;;;;/h5-19,28H,1H2,2-4H3;2*1H;1H2;/q-1;;;-1;+2/p-2. The molecule has 4 aromatic carbocycles. The van der Waals surface area contributed by atoms with Crippen molar-refractivity contribution in [2.45, 2.75) is 32.1 Å². The van der Waals surface area contributed by atoms with Gasteiger partial charge in [0.05, 0.1) is 0 Å². The van der Waals surface area contributed by atoms with E-state index in [1.54, 1.807) is 0 Å². The smallest absolute Gasteiger partial charge is 0.693 e. The largest absolute Gasteiger partial charge is 0.693 e. The summed E-state index contributed by atoms with van der Waals surface area (Å²) in [7, 11) is 9.78. The minimum absolute atomic E-state index is 0. The zero-order chi connectivity index (χ0) is 23.6. The van der Waals surface area contributed by atoms with Crippen molar-refractivity contribution in [2.24, 2.45) is 0 Å². The Kier molecular flexibility index (Phi) is 8.74. The molecule has 0 radical (unpaired) electrons. The molecule has 4 heteroatoms. The summed E-state index contributed by atoms with van der Waals surface area (Å²) in [6.07, 6.45) is 2.36. The van der Waals surface area contributed by atoms with E-state index in [4.69, 9.17) is 18.6 Å². The maximum atomic E-state index is 4.89. The molecule has 1 atom stereocenters. The number of fused-ring (bicyclic) bond motifs is 2. The predicted molar refractivity (Wildman–Crippen MR) is 147 cm³/mol. The Morgan fingerprint density at radius 2 is 1.38 bits per heavy atom. The zero-order valence-electron chi connectivity index (χ0n) is 19.8. The molecule has 174 valence electrons. The average Bonchev–Trinajstić information content (AvgIpc) is 3.18. The molecule has 0 bridgehead atoms. The van der Waals surface area contributed by atoms with Crippen LogP contribution in [-0.2, 0) is 22.4 Å². The van der Waals surface area contributed by atoms with E-state index in [9.17, 15) is 0 Å². The third-order valence-electron chi connectivity index (χ3n) is 6.29. The first-order chi connectivity index (χ1) is 15.9. The van der Waals surface area contributed by atoms with Gasteiger partial charge in [-0.15, -0.1) is 17.2 Å². The van der Waals surface area contributed by atoms with Gasteiger partial charge in [-0.05, 0) is 33.6 Å². The third kappa shape index (κ3) is 5.15. The van der Waals surface area contributed by atoms with Gasteiger partial charge in [-0.25, -0.2) is 0 Å². The summed E-state index contributed by atoms with van der Waals surface area (Å²) in [5.41, 5.74) is 9.18. The zero-order valence-corrected chi connectivity index (χ0v) is 22.9. The van der Waals surface area contributed by atoms with Crippen molar-refractivity contribution in [2.75, 3.05) is 0 Å². The minimum atomic E-state index is -0.556. The molecule has 0 aliphatic heterocycles. The number of rotatable bonds is 2. The van der Waals surface area contributed by atoms with Crippen LogP contribution < -0.4 is 0 Å².